The Morgan fingerprint density at radius 3 is 2.35 bits per heavy atom. The second-order valence-electron chi connectivity index (χ2n) is 9.97. The minimum Gasteiger partial charge on any atom is -0.465 e. The van der Waals surface area contributed by atoms with Gasteiger partial charge in [-0.25, -0.2) is 9.59 Å². The molecule has 178 valence electrons. The first-order chi connectivity index (χ1) is 16.1. The Morgan fingerprint density at radius 1 is 1.09 bits per heavy atom. The number of hydrogen-bond acceptors (Lipinski definition) is 5. The van der Waals surface area contributed by atoms with Gasteiger partial charge >= 0.3 is 12.1 Å². The van der Waals surface area contributed by atoms with Crippen LogP contribution in [-0.2, 0) is 9.47 Å². The van der Waals surface area contributed by atoms with E-state index < -0.39 is 11.6 Å². The molecule has 0 N–H and O–H groups in total. The van der Waals surface area contributed by atoms with Gasteiger partial charge in [-0.3, -0.25) is 0 Å². The van der Waals surface area contributed by atoms with Crippen LogP contribution in [0.3, 0.4) is 0 Å². The summed E-state index contributed by atoms with van der Waals surface area (Å²) in [6.07, 6.45) is 1.83. The number of nitrogens with zero attached hydrogens (tertiary/aromatic N) is 1. The lowest BCUT2D eigenvalue weighted by molar-refractivity contribution is -0.0832. The molecule has 1 amide bonds. The van der Waals surface area contributed by atoms with E-state index in [-0.39, 0.29) is 11.5 Å². The fourth-order valence-corrected chi connectivity index (χ4v) is 4.77. The largest absolute Gasteiger partial charge is 0.465 e. The molecular weight excluding hydrogens is 498 g/mol. The zero-order valence-electron chi connectivity index (χ0n) is 19.8. The topological polar surface area (TPSA) is 65.1 Å². The van der Waals surface area contributed by atoms with E-state index >= 15 is 0 Å². The quantitative estimate of drug-likeness (QED) is 0.361. The predicted molar refractivity (Wildman–Crippen MR) is 132 cm³/mol. The molecule has 6 nitrogen and oxygen atoms in total. The SMILES string of the molecule is COC(=O)c1ccc(Oc2ccc(C#CC3CC4(C3)CN(C(=O)OC(C)(C)C)C4)cc2)c(Br)c1. The maximum absolute atomic E-state index is 12.1. The number of rotatable bonds is 3. The summed E-state index contributed by atoms with van der Waals surface area (Å²) < 4.78 is 16.7. The van der Waals surface area contributed by atoms with Crippen molar-refractivity contribution in [3.05, 3.63) is 58.1 Å². The van der Waals surface area contributed by atoms with Gasteiger partial charge in [0, 0.05) is 30.0 Å². The molecule has 1 heterocycles. The molecule has 1 saturated carbocycles. The van der Waals surface area contributed by atoms with Crippen molar-refractivity contribution in [2.45, 2.75) is 39.2 Å². The van der Waals surface area contributed by atoms with E-state index in [0.717, 1.165) is 31.5 Å². The molecule has 1 saturated heterocycles. The lowest BCUT2D eigenvalue weighted by Gasteiger charge is -2.57. The molecule has 0 aromatic heterocycles. The summed E-state index contributed by atoms with van der Waals surface area (Å²) in [6.45, 7) is 7.19. The van der Waals surface area contributed by atoms with Crippen LogP contribution >= 0.6 is 15.9 Å². The van der Waals surface area contributed by atoms with E-state index in [1.54, 1.807) is 23.1 Å². The molecule has 0 unspecified atom stereocenters. The molecule has 2 aromatic rings. The first-order valence-corrected chi connectivity index (χ1v) is 12.0. The lowest BCUT2D eigenvalue weighted by atomic mass is 9.58. The monoisotopic (exact) mass is 525 g/mol. The van der Waals surface area contributed by atoms with Gasteiger partial charge in [0.1, 0.15) is 17.1 Å². The second kappa shape index (κ2) is 9.34. The highest BCUT2D eigenvalue weighted by atomic mass is 79.9. The van der Waals surface area contributed by atoms with Gasteiger partial charge < -0.3 is 19.1 Å². The molecule has 4 rings (SSSR count). The van der Waals surface area contributed by atoms with Crippen molar-refractivity contribution in [2.75, 3.05) is 20.2 Å². The average Bonchev–Trinajstić information content (AvgIpc) is 2.72. The standard InChI is InChI=1S/C27H28BrNO5/c1-26(2,3)34-25(31)29-16-27(17-29)14-19(15-27)6-5-18-7-10-21(11-8-18)33-23-12-9-20(13-22(23)28)24(30)32-4/h7-13,19H,14-17H2,1-4H3. The van der Waals surface area contributed by atoms with Gasteiger partial charge in [-0.2, -0.15) is 0 Å². The minimum atomic E-state index is -0.459. The summed E-state index contributed by atoms with van der Waals surface area (Å²) in [5.74, 6) is 7.87. The smallest absolute Gasteiger partial charge is 0.410 e. The highest BCUT2D eigenvalue weighted by molar-refractivity contribution is 9.10. The molecule has 2 aromatic carbocycles. The number of hydrogen-bond donors (Lipinski definition) is 0. The molecule has 1 aliphatic carbocycles. The molecule has 2 fully saturated rings. The molecule has 1 aliphatic heterocycles. The third-order valence-corrected chi connectivity index (χ3v) is 6.54. The van der Waals surface area contributed by atoms with E-state index in [4.69, 9.17) is 14.2 Å². The number of methoxy groups -OCH3 is 1. The zero-order chi connectivity index (χ0) is 24.5. The minimum absolute atomic E-state index is 0.221. The van der Waals surface area contributed by atoms with Crippen molar-refractivity contribution in [3.63, 3.8) is 0 Å². The van der Waals surface area contributed by atoms with Crippen LogP contribution in [0.1, 0.15) is 49.5 Å². The van der Waals surface area contributed by atoms with Crippen LogP contribution in [0, 0.1) is 23.2 Å². The van der Waals surface area contributed by atoms with Crippen molar-refractivity contribution < 1.29 is 23.8 Å². The van der Waals surface area contributed by atoms with Gasteiger partial charge in [-0.1, -0.05) is 11.8 Å². The number of halogens is 1. The number of amides is 1. The Hall–Kier alpha value is -2.98. The lowest BCUT2D eigenvalue weighted by Crippen LogP contribution is -2.64. The van der Waals surface area contributed by atoms with E-state index in [1.165, 1.54) is 7.11 Å². The normalized spacial score (nSPS) is 16.6. The van der Waals surface area contributed by atoms with Crippen LogP contribution < -0.4 is 4.74 Å². The van der Waals surface area contributed by atoms with Gasteiger partial charge in [0.15, 0.2) is 0 Å². The van der Waals surface area contributed by atoms with E-state index in [0.29, 0.717) is 27.5 Å². The highest BCUT2D eigenvalue weighted by Crippen LogP contribution is 2.51. The summed E-state index contributed by atoms with van der Waals surface area (Å²) in [5, 5.41) is 0. The summed E-state index contributed by atoms with van der Waals surface area (Å²) in [6, 6.07) is 12.7. The third-order valence-electron chi connectivity index (χ3n) is 5.92. The molecular formula is C27H28BrNO5. The zero-order valence-corrected chi connectivity index (χ0v) is 21.4. The van der Waals surface area contributed by atoms with E-state index in [2.05, 4.69) is 27.8 Å². The number of likely N-dealkylation sites (tertiary alicyclic amines) is 1. The average molecular weight is 526 g/mol. The Bertz CT molecular complexity index is 1140. The van der Waals surface area contributed by atoms with Crippen LogP contribution in [0.5, 0.6) is 11.5 Å². The van der Waals surface area contributed by atoms with Gasteiger partial charge in [0.05, 0.1) is 17.1 Å². The molecule has 1 spiro atoms. The third kappa shape index (κ3) is 5.56. The fourth-order valence-electron chi connectivity index (χ4n) is 4.31. The highest BCUT2D eigenvalue weighted by Gasteiger charge is 2.54. The van der Waals surface area contributed by atoms with Crippen molar-refractivity contribution in [2.24, 2.45) is 11.3 Å². The van der Waals surface area contributed by atoms with Gasteiger partial charge in [-0.05, 0) is 92.0 Å². The van der Waals surface area contributed by atoms with Crippen LogP contribution in [-0.4, -0.2) is 42.8 Å². The Kier molecular flexibility index (Phi) is 6.64. The van der Waals surface area contributed by atoms with E-state index in [1.807, 2.05) is 45.0 Å². The summed E-state index contributed by atoms with van der Waals surface area (Å²) >= 11 is 3.43. The number of carbonyl (C=O) groups is 2. The van der Waals surface area contributed by atoms with Gasteiger partial charge in [0.25, 0.3) is 0 Å². The molecule has 0 bridgehead atoms. The first kappa shape index (κ1) is 24.2. The summed E-state index contributed by atoms with van der Waals surface area (Å²) in [7, 11) is 1.35. The summed E-state index contributed by atoms with van der Waals surface area (Å²) in [4.78, 5) is 25.5. The first-order valence-electron chi connectivity index (χ1n) is 11.2. The van der Waals surface area contributed by atoms with Crippen molar-refractivity contribution >= 4 is 28.0 Å². The summed E-state index contributed by atoms with van der Waals surface area (Å²) in [5.41, 5.74) is 1.15. The maximum atomic E-state index is 12.1. The Morgan fingerprint density at radius 2 is 1.76 bits per heavy atom. The second-order valence-corrected chi connectivity index (χ2v) is 10.8. The number of benzene rings is 2. The molecule has 7 heteroatoms. The van der Waals surface area contributed by atoms with Crippen molar-refractivity contribution in [3.8, 4) is 23.3 Å². The van der Waals surface area contributed by atoms with Crippen LogP contribution in [0.15, 0.2) is 46.9 Å². The number of esters is 1. The Labute approximate surface area is 208 Å². The fraction of sp³-hybridized carbons (Fsp3) is 0.407. The number of ether oxygens (including phenoxy) is 3. The van der Waals surface area contributed by atoms with Crippen molar-refractivity contribution in [1.29, 1.82) is 0 Å². The molecule has 0 radical (unpaired) electrons. The van der Waals surface area contributed by atoms with Crippen LogP contribution in [0.2, 0.25) is 0 Å². The molecule has 2 aliphatic rings. The Balaban J connectivity index is 1.27. The van der Waals surface area contributed by atoms with Crippen LogP contribution in [0.4, 0.5) is 4.79 Å². The van der Waals surface area contributed by atoms with E-state index in [9.17, 15) is 9.59 Å². The van der Waals surface area contributed by atoms with Gasteiger partial charge in [-0.15, -0.1) is 0 Å². The molecule has 0 atom stereocenters. The molecule has 34 heavy (non-hydrogen) atoms. The van der Waals surface area contributed by atoms with Gasteiger partial charge in [0.2, 0.25) is 0 Å². The number of carbonyl (C=O) groups excluding carboxylic acids is 2. The van der Waals surface area contributed by atoms with Crippen molar-refractivity contribution in [1.82, 2.24) is 4.90 Å². The van der Waals surface area contributed by atoms with Crippen LogP contribution in [0.25, 0.3) is 0 Å². The maximum Gasteiger partial charge on any atom is 0.410 e. The predicted octanol–water partition coefficient (Wildman–Crippen LogP) is 6.03.